The molecular formula is C27H44O3. The number of aliphatic hydroxyl groups excluding tert-OH is 2. The van der Waals surface area contributed by atoms with E-state index in [1.165, 1.54) is 43.3 Å². The second-order valence-electron chi connectivity index (χ2n) is 11.3. The molecule has 6 atom stereocenters. The minimum atomic E-state index is -1.02. The third kappa shape index (κ3) is 5.11. The number of allylic oxidation sites excluding steroid dienone is 4. The number of fused-ring (bicyclic) bond motifs is 1. The maximum Gasteiger partial charge on any atom is 0.0849 e. The van der Waals surface area contributed by atoms with Crippen LogP contribution in [-0.4, -0.2) is 33.1 Å². The summed E-state index contributed by atoms with van der Waals surface area (Å²) in [6.07, 6.45) is 14.1. The second kappa shape index (κ2) is 9.30. The highest BCUT2D eigenvalue weighted by atomic mass is 16.3. The zero-order valence-corrected chi connectivity index (χ0v) is 19.7. The lowest BCUT2D eigenvalue weighted by atomic mass is 9.60. The van der Waals surface area contributed by atoms with E-state index in [1.807, 2.05) is 0 Å². The third-order valence-corrected chi connectivity index (χ3v) is 8.62. The van der Waals surface area contributed by atoms with Gasteiger partial charge in [0.2, 0.25) is 0 Å². The van der Waals surface area contributed by atoms with Crippen molar-refractivity contribution in [3.8, 4) is 0 Å². The highest BCUT2D eigenvalue weighted by molar-refractivity contribution is 5.36. The Labute approximate surface area is 184 Å². The Morgan fingerprint density at radius 3 is 2.60 bits per heavy atom. The Kier molecular flexibility index (Phi) is 7.37. The van der Waals surface area contributed by atoms with Gasteiger partial charge in [-0.25, -0.2) is 0 Å². The van der Waals surface area contributed by atoms with Crippen molar-refractivity contribution in [1.82, 2.24) is 0 Å². The van der Waals surface area contributed by atoms with Crippen LogP contribution in [0.5, 0.6) is 0 Å². The Bertz CT molecular complexity index is 683. The van der Waals surface area contributed by atoms with Gasteiger partial charge in [0.15, 0.2) is 0 Å². The van der Waals surface area contributed by atoms with Crippen molar-refractivity contribution in [2.45, 2.75) is 110 Å². The lowest BCUT2D eigenvalue weighted by molar-refractivity contribution is -0.0554. The molecule has 3 saturated carbocycles. The van der Waals surface area contributed by atoms with Crippen molar-refractivity contribution in [3.05, 3.63) is 35.5 Å². The highest BCUT2D eigenvalue weighted by Crippen LogP contribution is 2.60. The fourth-order valence-corrected chi connectivity index (χ4v) is 6.58. The largest absolute Gasteiger partial charge is 0.393 e. The van der Waals surface area contributed by atoms with E-state index in [-0.39, 0.29) is 6.10 Å². The van der Waals surface area contributed by atoms with Crippen molar-refractivity contribution in [1.29, 1.82) is 0 Å². The molecule has 0 aliphatic heterocycles. The predicted molar refractivity (Wildman–Crippen MR) is 124 cm³/mol. The molecule has 0 aromatic rings. The SMILES string of the molecule is C=C1CC[C@H](O)C/C1=C/C=C1/CCC[C@@]2(C)[C@@H]1CC[C@@H]2[C@H](C)CC[C@@H](O)C(C)(C)O. The molecule has 3 nitrogen and oxygen atoms in total. The predicted octanol–water partition coefficient (Wildman–Crippen LogP) is 5.70. The van der Waals surface area contributed by atoms with Crippen LogP contribution in [-0.2, 0) is 0 Å². The Hall–Kier alpha value is -0.900. The molecule has 0 unspecified atom stereocenters. The number of rotatable bonds is 6. The van der Waals surface area contributed by atoms with Crippen molar-refractivity contribution < 1.29 is 15.3 Å². The average molecular weight is 417 g/mol. The van der Waals surface area contributed by atoms with Gasteiger partial charge in [0.25, 0.3) is 0 Å². The minimum Gasteiger partial charge on any atom is -0.393 e. The average Bonchev–Trinajstić information content (AvgIpc) is 3.03. The first-order valence-corrected chi connectivity index (χ1v) is 12.2. The normalized spacial score (nSPS) is 37.4. The summed E-state index contributed by atoms with van der Waals surface area (Å²) in [5, 5.41) is 30.3. The Morgan fingerprint density at radius 2 is 1.90 bits per heavy atom. The lowest BCUT2D eigenvalue weighted by Gasteiger charge is -2.44. The first-order valence-electron chi connectivity index (χ1n) is 12.2. The first-order chi connectivity index (χ1) is 14.0. The molecule has 3 rings (SSSR count). The topological polar surface area (TPSA) is 60.7 Å². The van der Waals surface area contributed by atoms with Crippen LogP contribution in [0.4, 0.5) is 0 Å². The molecule has 0 spiro atoms. The summed E-state index contributed by atoms with van der Waals surface area (Å²) in [4.78, 5) is 0. The third-order valence-electron chi connectivity index (χ3n) is 8.62. The summed E-state index contributed by atoms with van der Waals surface area (Å²) in [5.74, 6) is 1.89. The summed E-state index contributed by atoms with van der Waals surface area (Å²) in [6.45, 7) is 12.5. The monoisotopic (exact) mass is 416 g/mol. The van der Waals surface area contributed by atoms with Crippen molar-refractivity contribution >= 4 is 0 Å². The van der Waals surface area contributed by atoms with E-state index >= 15 is 0 Å². The van der Waals surface area contributed by atoms with Crippen LogP contribution >= 0.6 is 0 Å². The molecule has 30 heavy (non-hydrogen) atoms. The molecule has 0 radical (unpaired) electrons. The van der Waals surface area contributed by atoms with Gasteiger partial charge in [0.05, 0.1) is 17.8 Å². The highest BCUT2D eigenvalue weighted by Gasteiger charge is 2.50. The van der Waals surface area contributed by atoms with Crippen LogP contribution < -0.4 is 0 Å². The molecule has 0 aromatic heterocycles. The maximum absolute atomic E-state index is 10.3. The Balaban J connectivity index is 1.69. The smallest absolute Gasteiger partial charge is 0.0849 e. The molecule has 0 aromatic carbocycles. The summed E-state index contributed by atoms with van der Waals surface area (Å²) in [7, 11) is 0. The molecule has 0 bridgehead atoms. The number of aliphatic hydroxyl groups is 3. The van der Waals surface area contributed by atoms with Gasteiger partial charge in [-0.2, -0.15) is 0 Å². The molecule has 3 aliphatic rings. The standard InChI is InChI=1S/C27H44O3/c1-18-8-12-22(28)17-21(18)11-10-20-7-6-16-27(5)23(13-14-24(20)27)19(2)9-15-25(29)26(3,4)30/h10-11,19,22-25,28-30H,1,6-9,12-17H2,2-5H3/b20-10-,21-11-/t19-,22+,23-,24-,25-,27-/m1/s1. The van der Waals surface area contributed by atoms with Gasteiger partial charge in [-0.15, -0.1) is 0 Å². The molecule has 0 amide bonds. The minimum absolute atomic E-state index is 0.215. The van der Waals surface area contributed by atoms with Gasteiger partial charge in [0, 0.05) is 0 Å². The summed E-state index contributed by atoms with van der Waals surface area (Å²) >= 11 is 0. The summed E-state index contributed by atoms with van der Waals surface area (Å²) < 4.78 is 0. The van der Waals surface area contributed by atoms with Crippen molar-refractivity contribution in [2.24, 2.45) is 23.2 Å². The van der Waals surface area contributed by atoms with Crippen LogP contribution in [0.25, 0.3) is 0 Å². The van der Waals surface area contributed by atoms with Crippen molar-refractivity contribution in [2.75, 3.05) is 0 Å². The van der Waals surface area contributed by atoms with Crippen LogP contribution in [0, 0.1) is 23.2 Å². The van der Waals surface area contributed by atoms with E-state index in [0.29, 0.717) is 29.6 Å². The van der Waals surface area contributed by atoms with Gasteiger partial charge < -0.3 is 15.3 Å². The van der Waals surface area contributed by atoms with Gasteiger partial charge in [-0.3, -0.25) is 0 Å². The second-order valence-corrected chi connectivity index (χ2v) is 11.3. The van der Waals surface area contributed by atoms with E-state index in [1.54, 1.807) is 19.4 Å². The van der Waals surface area contributed by atoms with Crippen LogP contribution in [0.15, 0.2) is 35.5 Å². The van der Waals surface area contributed by atoms with E-state index in [0.717, 1.165) is 25.7 Å². The van der Waals surface area contributed by atoms with Crippen LogP contribution in [0.1, 0.15) is 91.9 Å². The Morgan fingerprint density at radius 1 is 1.17 bits per heavy atom. The fraction of sp³-hybridized carbons (Fsp3) is 0.778. The molecule has 170 valence electrons. The van der Waals surface area contributed by atoms with Gasteiger partial charge >= 0.3 is 0 Å². The van der Waals surface area contributed by atoms with E-state index in [9.17, 15) is 15.3 Å². The van der Waals surface area contributed by atoms with Gasteiger partial charge in [-0.1, -0.05) is 43.7 Å². The summed E-state index contributed by atoms with van der Waals surface area (Å²) in [6, 6.07) is 0. The zero-order valence-electron chi connectivity index (χ0n) is 19.7. The van der Waals surface area contributed by atoms with Crippen LogP contribution in [0.3, 0.4) is 0 Å². The molecule has 3 aliphatic carbocycles. The van der Waals surface area contributed by atoms with E-state index < -0.39 is 11.7 Å². The zero-order chi connectivity index (χ0) is 22.1. The van der Waals surface area contributed by atoms with Gasteiger partial charge in [0.1, 0.15) is 0 Å². The maximum atomic E-state index is 10.3. The molecule has 3 fully saturated rings. The molecular weight excluding hydrogens is 372 g/mol. The van der Waals surface area contributed by atoms with Gasteiger partial charge in [-0.05, 0) is 107 Å². The summed E-state index contributed by atoms with van der Waals surface area (Å²) in [5.41, 5.74) is 3.34. The molecule has 0 saturated heterocycles. The first kappa shape index (κ1) is 23.8. The lowest BCUT2D eigenvalue weighted by Crippen LogP contribution is -2.38. The number of hydrogen-bond donors (Lipinski definition) is 3. The van der Waals surface area contributed by atoms with E-state index in [4.69, 9.17) is 0 Å². The van der Waals surface area contributed by atoms with Crippen LogP contribution in [0.2, 0.25) is 0 Å². The van der Waals surface area contributed by atoms with Crippen molar-refractivity contribution in [3.63, 3.8) is 0 Å². The fourth-order valence-electron chi connectivity index (χ4n) is 6.58. The molecule has 0 heterocycles. The molecule has 3 heteroatoms. The van der Waals surface area contributed by atoms with E-state index in [2.05, 4.69) is 32.6 Å². The number of hydrogen-bond acceptors (Lipinski definition) is 3. The quantitative estimate of drug-likeness (QED) is 0.520. The molecule has 3 N–H and O–H groups in total.